The first-order chi connectivity index (χ1) is 7.06. The fraction of sp³-hybridized carbons (Fsp3) is 0.818. The van der Waals surface area contributed by atoms with Crippen LogP contribution in [0.25, 0.3) is 0 Å². The van der Waals surface area contributed by atoms with E-state index < -0.39 is 6.04 Å². The van der Waals surface area contributed by atoms with E-state index in [2.05, 4.69) is 6.07 Å². The van der Waals surface area contributed by atoms with E-state index in [0.29, 0.717) is 19.5 Å². The number of likely N-dealkylation sites (N-methyl/N-ethyl adjacent to an activating group) is 1. The maximum Gasteiger partial charge on any atom is 0.239 e. The Balaban J connectivity index is 4.28. The number of amides is 1. The topological polar surface area (TPSA) is 70.1 Å². The van der Waals surface area contributed by atoms with Crippen LogP contribution < -0.4 is 5.73 Å². The van der Waals surface area contributed by atoms with Gasteiger partial charge in [-0.3, -0.25) is 4.79 Å². The summed E-state index contributed by atoms with van der Waals surface area (Å²) in [7, 11) is 0. The van der Waals surface area contributed by atoms with Gasteiger partial charge in [-0.25, -0.2) is 0 Å². The minimum Gasteiger partial charge on any atom is -0.340 e. The molecule has 0 rings (SSSR count). The highest BCUT2D eigenvalue weighted by molar-refractivity contribution is 5.81. The average Bonchev–Trinajstić information content (AvgIpc) is 2.24. The maximum atomic E-state index is 11.8. The second-order valence-corrected chi connectivity index (χ2v) is 3.80. The summed E-state index contributed by atoms with van der Waals surface area (Å²) in [5, 5.41) is 8.68. The first-order valence-electron chi connectivity index (χ1n) is 5.50. The fourth-order valence-electron chi connectivity index (χ4n) is 1.42. The van der Waals surface area contributed by atoms with E-state index in [4.69, 9.17) is 11.0 Å². The van der Waals surface area contributed by atoms with Gasteiger partial charge >= 0.3 is 0 Å². The predicted octanol–water partition coefficient (Wildman–Crippen LogP) is 1.12. The monoisotopic (exact) mass is 211 g/mol. The van der Waals surface area contributed by atoms with Gasteiger partial charge in [-0.2, -0.15) is 5.26 Å². The SMILES string of the molecule is CCCC(N)C(=O)N(CC)CC(C)C#N. The lowest BCUT2D eigenvalue weighted by Crippen LogP contribution is -2.45. The minimum atomic E-state index is -0.416. The van der Waals surface area contributed by atoms with E-state index in [1.165, 1.54) is 0 Å². The summed E-state index contributed by atoms with van der Waals surface area (Å²) in [5.41, 5.74) is 5.75. The Morgan fingerprint density at radius 2 is 2.13 bits per heavy atom. The number of nitrogens with zero attached hydrogens (tertiary/aromatic N) is 2. The highest BCUT2D eigenvalue weighted by Gasteiger charge is 2.20. The summed E-state index contributed by atoms with van der Waals surface area (Å²) < 4.78 is 0. The lowest BCUT2D eigenvalue weighted by molar-refractivity contribution is -0.132. The zero-order valence-corrected chi connectivity index (χ0v) is 9.86. The Labute approximate surface area is 92.0 Å². The minimum absolute atomic E-state index is 0.0403. The molecule has 0 bridgehead atoms. The second-order valence-electron chi connectivity index (χ2n) is 3.80. The summed E-state index contributed by atoms with van der Waals surface area (Å²) in [4.78, 5) is 13.5. The van der Waals surface area contributed by atoms with Gasteiger partial charge in [0.05, 0.1) is 18.0 Å². The Hall–Kier alpha value is -1.08. The standard InChI is InChI=1S/C11H21N3O/c1-4-6-10(13)11(15)14(5-2)8-9(3)7-12/h9-10H,4-6,8,13H2,1-3H3. The van der Waals surface area contributed by atoms with Crippen LogP contribution in [0.2, 0.25) is 0 Å². The number of hydrogen-bond donors (Lipinski definition) is 1. The van der Waals surface area contributed by atoms with Crippen molar-refractivity contribution in [3.63, 3.8) is 0 Å². The van der Waals surface area contributed by atoms with Crippen LogP contribution in [0.3, 0.4) is 0 Å². The first kappa shape index (κ1) is 13.9. The largest absolute Gasteiger partial charge is 0.340 e. The highest BCUT2D eigenvalue weighted by Crippen LogP contribution is 2.03. The van der Waals surface area contributed by atoms with Gasteiger partial charge < -0.3 is 10.6 Å². The Morgan fingerprint density at radius 3 is 2.53 bits per heavy atom. The van der Waals surface area contributed by atoms with Crippen LogP contribution in [0.15, 0.2) is 0 Å². The number of nitriles is 1. The summed E-state index contributed by atoms with van der Waals surface area (Å²) in [5.74, 6) is -0.177. The normalized spacial score (nSPS) is 14.1. The van der Waals surface area contributed by atoms with Crippen molar-refractivity contribution in [1.82, 2.24) is 4.90 Å². The van der Waals surface area contributed by atoms with Gasteiger partial charge in [0.2, 0.25) is 5.91 Å². The fourth-order valence-corrected chi connectivity index (χ4v) is 1.42. The molecule has 2 unspecified atom stereocenters. The second kappa shape index (κ2) is 7.24. The molecule has 1 amide bonds. The zero-order valence-electron chi connectivity index (χ0n) is 9.86. The third kappa shape index (κ3) is 4.80. The predicted molar refractivity (Wildman–Crippen MR) is 59.9 cm³/mol. The molecule has 0 aromatic rings. The number of carbonyl (C=O) groups is 1. The molecular weight excluding hydrogens is 190 g/mol. The molecule has 4 heteroatoms. The molecule has 0 aliphatic heterocycles. The molecule has 0 radical (unpaired) electrons. The molecular formula is C11H21N3O. The summed E-state index contributed by atoms with van der Waals surface area (Å²) in [6.45, 7) is 6.80. The van der Waals surface area contributed by atoms with Crippen LogP contribution in [-0.4, -0.2) is 29.9 Å². The van der Waals surface area contributed by atoms with Crippen molar-refractivity contribution in [1.29, 1.82) is 5.26 Å². The van der Waals surface area contributed by atoms with E-state index in [-0.39, 0.29) is 11.8 Å². The van der Waals surface area contributed by atoms with Crippen LogP contribution >= 0.6 is 0 Å². The summed E-state index contributed by atoms with van der Waals surface area (Å²) >= 11 is 0. The molecule has 0 saturated heterocycles. The number of nitrogens with two attached hydrogens (primary N) is 1. The van der Waals surface area contributed by atoms with Crippen molar-refractivity contribution in [3.8, 4) is 6.07 Å². The molecule has 0 heterocycles. The van der Waals surface area contributed by atoms with Gasteiger partial charge in [0.1, 0.15) is 0 Å². The van der Waals surface area contributed by atoms with Crippen LogP contribution in [0.1, 0.15) is 33.6 Å². The molecule has 0 fully saturated rings. The van der Waals surface area contributed by atoms with Crippen molar-refractivity contribution >= 4 is 5.91 Å². The van der Waals surface area contributed by atoms with E-state index in [1.807, 2.05) is 13.8 Å². The highest BCUT2D eigenvalue weighted by atomic mass is 16.2. The van der Waals surface area contributed by atoms with Crippen LogP contribution in [-0.2, 0) is 4.79 Å². The molecule has 0 aliphatic rings. The lowest BCUT2D eigenvalue weighted by Gasteiger charge is -2.25. The third-order valence-electron chi connectivity index (χ3n) is 2.32. The van der Waals surface area contributed by atoms with Gasteiger partial charge in [-0.1, -0.05) is 13.3 Å². The molecule has 0 aromatic carbocycles. The molecule has 86 valence electrons. The summed E-state index contributed by atoms with van der Waals surface area (Å²) in [6.07, 6.45) is 1.61. The van der Waals surface area contributed by atoms with Gasteiger partial charge in [0.25, 0.3) is 0 Å². The quantitative estimate of drug-likeness (QED) is 0.715. The number of rotatable bonds is 6. The van der Waals surface area contributed by atoms with Crippen molar-refractivity contribution in [3.05, 3.63) is 0 Å². The van der Waals surface area contributed by atoms with Gasteiger partial charge in [0, 0.05) is 13.1 Å². The lowest BCUT2D eigenvalue weighted by atomic mass is 10.1. The van der Waals surface area contributed by atoms with Gasteiger partial charge in [-0.05, 0) is 20.3 Å². The Bertz CT molecular complexity index is 234. The van der Waals surface area contributed by atoms with Gasteiger partial charge in [-0.15, -0.1) is 0 Å². The van der Waals surface area contributed by atoms with E-state index >= 15 is 0 Å². The molecule has 0 aromatic heterocycles. The smallest absolute Gasteiger partial charge is 0.239 e. The third-order valence-corrected chi connectivity index (χ3v) is 2.32. The van der Waals surface area contributed by atoms with E-state index in [9.17, 15) is 4.79 Å². The number of carbonyl (C=O) groups excluding carboxylic acids is 1. The molecule has 15 heavy (non-hydrogen) atoms. The molecule has 2 atom stereocenters. The van der Waals surface area contributed by atoms with Crippen molar-refractivity contribution in [2.24, 2.45) is 11.7 Å². The van der Waals surface area contributed by atoms with Crippen molar-refractivity contribution in [2.75, 3.05) is 13.1 Å². The molecule has 2 N–H and O–H groups in total. The molecule has 0 saturated carbocycles. The van der Waals surface area contributed by atoms with Crippen molar-refractivity contribution < 1.29 is 4.79 Å². The number of hydrogen-bond acceptors (Lipinski definition) is 3. The molecule has 0 spiro atoms. The van der Waals surface area contributed by atoms with Crippen LogP contribution in [0.5, 0.6) is 0 Å². The van der Waals surface area contributed by atoms with Gasteiger partial charge in [0.15, 0.2) is 0 Å². The van der Waals surface area contributed by atoms with Crippen LogP contribution in [0.4, 0.5) is 0 Å². The molecule has 4 nitrogen and oxygen atoms in total. The Morgan fingerprint density at radius 1 is 1.53 bits per heavy atom. The maximum absolute atomic E-state index is 11.8. The molecule has 0 aliphatic carbocycles. The Kier molecular flexibility index (Phi) is 6.72. The van der Waals surface area contributed by atoms with E-state index in [0.717, 1.165) is 6.42 Å². The zero-order chi connectivity index (χ0) is 11.8. The van der Waals surface area contributed by atoms with Crippen LogP contribution in [0, 0.1) is 17.2 Å². The van der Waals surface area contributed by atoms with Crippen molar-refractivity contribution in [2.45, 2.75) is 39.7 Å². The summed E-state index contributed by atoms with van der Waals surface area (Å²) in [6, 6.07) is 1.70. The average molecular weight is 211 g/mol. The van der Waals surface area contributed by atoms with E-state index in [1.54, 1.807) is 11.8 Å². The first-order valence-corrected chi connectivity index (χ1v) is 5.50.